The van der Waals surface area contributed by atoms with Crippen molar-refractivity contribution < 1.29 is 9.59 Å². The third-order valence-electron chi connectivity index (χ3n) is 2.85. The molecule has 0 saturated heterocycles. The molecule has 0 aromatic carbocycles. The summed E-state index contributed by atoms with van der Waals surface area (Å²) in [4.78, 5) is 23.8. The molecular weight excluding hydrogens is 264 g/mol. The number of anilines is 2. The smallest absolute Gasteiger partial charge is 0.263 e. The van der Waals surface area contributed by atoms with E-state index in [-0.39, 0.29) is 23.2 Å². The van der Waals surface area contributed by atoms with Gasteiger partial charge in [-0.1, -0.05) is 6.92 Å². The minimum Gasteiger partial charge on any atom is -0.397 e. The van der Waals surface area contributed by atoms with Crippen molar-refractivity contribution in [3.05, 3.63) is 10.4 Å². The molecule has 0 atom stereocenters. The van der Waals surface area contributed by atoms with Gasteiger partial charge in [0.25, 0.3) is 11.8 Å². The van der Waals surface area contributed by atoms with Crippen LogP contribution in [0.15, 0.2) is 0 Å². The second-order valence-electron chi connectivity index (χ2n) is 4.59. The summed E-state index contributed by atoms with van der Waals surface area (Å²) in [5, 5.41) is 6.52. The molecule has 19 heavy (non-hydrogen) atoms. The summed E-state index contributed by atoms with van der Waals surface area (Å²) in [6.45, 7) is 2.71. The zero-order chi connectivity index (χ0) is 14.0. The van der Waals surface area contributed by atoms with Gasteiger partial charge in [-0.2, -0.15) is 0 Å². The fourth-order valence-corrected chi connectivity index (χ4v) is 2.75. The predicted molar refractivity (Wildman–Crippen MR) is 76.5 cm³/mol. The highest BCUT2D eigenvalue weighted by Gasteiger charge is 2.28. The molecule has 0 radical (unpaired) electrons. The molecule has 1 aromatic rings. The van der Waals surface area contributed by atoms with Gasteiger partial charge in [-0.3, -0.25) is 9.59 Å². The van der Waals surface area contributed by atoms with Crippen molar-refractivity contribution in [3.8, 4) is 0 Å². The van der Waals surface area contributed by atoms with Crippen molar-refractivity contribution in [3.63, 3.8) is 0 Å². The molecule has 1 fully saturated rings. The second-order valence-corrected chi connectivity index (χ2v) is 5.61. The maximum Gasteiger partial charge on any atom is 0.263 e. The maximum absolute atomic E-state index is 12.0. The number of rotatable bonds is 6. The zero-order valence-corrected chi connectivity index (χ0v) is 11.6. The van der Waals surface area contributed by atoms with Gasteiger partial charge in [0.05, 0.1) is 11.3 Å². The van der Waals surface area contributed by atoms with E-state index in [1.807, 2.05) is 6.92 Å². The molecule has 0 bridgehead atoms. The predicted octanol–water partition coefficient (Wildman–Crippen LogP) is 1.14. The summed E-state index contributed by atoms with van der Waals surface area (Å²) in [7, 11) is 0. The van der Waals surface area contributed by atoms with Crippen LogP contribution in [0.25, 0.3) is 0 Å². The van der Waals surface area contributed by atoms with Gasteiger partial charge in [-0.25, -0.2) is 0 Å². The Morgan fingerprint density at radius 3 is 2.63 bits per heavy atom. The number of nitrogens with one attached hydrogen (secondary N) is 2. The lowest BCUT2D eigenvalue weighted by atomic mass is 10.2. The second kappa shape index (κ2) is 5.48. The molecule has 7 heteroatoms. The lowest BCUT2D eigenvalue weighted by molar-refractivity contribution is 0.0955. The molecule has 1 aromatic heterocycles. The van der Waals surface area contributed by atoms with Crippen LogP contribution in [-0.4, -0.2) is 24.4 Å². The maximum atomic E-state index is 12.0. The Morgan fingerprint density at radius 1 is 1.42 bits per heavy atom. The summed E-state index contributed by atoms with van der Waals surface area (Å²) in [5.41, 5.74) is 11.6. The molecule has 6 N–H and O–H groups in total. The first kappa shape index (κ1) is 13.7. The van der Waals surface area contributed by atoms with Crippen molar-refractivity contribution in [2.24, 2.45) is 5.73 Å². The summed E-state index contributed by atoms with van der Waals surface area (Å²) < 4.78 is 0. The monoisotopic (exact) mass is 282 g/mol. The molecule has 6 nitrogen and oxygen atoms in total. The van der Waals surface area contributed by atoms with Crippen molar-refractivity contribution in [1.82, 2.24) is 5.32 Å². The summed E-state index contributed by atoms with van der Waals surface area (Å²) >= 11 is 1.18. The van der Waals surface area contributed by atoms with E-state index >= 15 is 0 Å². The van der Waals surface area contributed by atoms with Gasteiger partial charge in [0.1, 0.15) is 9.88 Å². The average molecular weight is 282 g/mol. The van der Waals surface area contributed by atoms with E-state index in [1.54, 1.807) is 0 Å². The van der Waals surface area contributed by atoms with Crippen molar-refractivity contribution in [1.29, 1.82) is 0 Å². The van der Waals surface area contributed by atoms with Gasteiger partial charge in [0.15, 0.2) is 0 Å². The van der Waals surface area contributed by atoms with E-state index in [0.29, 0.717) is 16.4 Å². The topological polar surface area (TPSA) is 110 Å². The average Bonchev–Trinajstić information content (AvgIpc) is 3.08. The fourth-order valence-electron chi connectivity index (χ4n) is 1.70. The number of primary amides is 1. The third kappa shape index (κ3) is 2.98. The minimum absolute atomic E-state index is 0.175. The fraction of sp³-hybridized carbons (Fsp3) is 0.500. The van der Waals surface area contributed by atoms with Crippen LogP contribution in [0.1, 0.15) is 46.2 Å². The number of nitrogens with two attached hydrogens (primary N) is 2. The van der Waals surface area contributed by atoms with E-state index in [0.717, 1.165) is 19.3 Å². The largest absolute Gasteiger partial charge is 0.397 e. The molecule has 2 amide bonds. The van der Waals surface area contributed by atoms with Gasteiger partial charge in [0, 0.05) is 12.6 Å². The molecular formula is C12H18N4O2S. The minimum atomic E-state index is -0.613. The molecule has 2 rings (SSSR count). The van der Waals surface area contributed by atoms with Crippen LogP contribution in [0.3, 0.4) is 0 Å². The van der Waals surface area contributed by atoms with Crippen LogP contribution in [0.5, 0.6) is 0 Å². The van der Waals surface area contributed by atoms with E-state index in [4.69, 9.17) is 11.5 Å². The molecule has 1 aliphatic carbocycles. The van der Waals surface area contributed by atoms with Crippen LogP contribution in [-0.2, 0) is 0 Å². The third-order valence-corrected chi connectivity index (χ3v) is 4.01. The summed E-state index contributed by atoms with van der Waals surface area (Å²) in [5.74, 6) is -0.838. The first-order valence-electron chi connectivity index (χ1n) is 6.31. The van der Waals surface area contributed by atoms with E-state index in [9.17, 15) is 9.59 Å². The Hall–Kier alpha value is -1.76. The number of carbonyl (C=O) groups is 2. The molecule has 1 saturated carbocycles. The number of hydrogen-bond acceptors (Lipinski definition) is 5. The lowest BCUT2D eigenvalue weighted by Crippen LogP contribution is -2.25. The van der Waals surface area contributed by atoms with Crippen LogP contribution in [0.4, 0.5) is 10.7 Å². The molecule has 1 aliphatic rings. The highest BCUT2D eigenvalue weighted by Crippen LogP contribution is 2.36. The van der Waals surface area contributed by atoms with Crippen LogP contribution in [0.2, 0.25) is 0 Å². The number of carbonyl (C=O) groups excluding carboxylic acids is 2. The highest BCUT2D eigenvalue weighted by atomic mass is 32.1. The van der Waals surface area contributed by atoms with Gasteiger partial charge in [0.2, 0.25) is 0 Å². The summed E-state index contributed by atoms with van der Waals surface area (Å²) in [6, 6.07) is 0.248. The Kier molecular flexibility index (Phi) is 3.94. The molecule has 0 unspecified atom stereocenters. The first-order valence-corrected chi connectivity index (χ1v) is 7.13. The first-order chi connectivity index (χ1) is 9.04. The molecule has 104 valence electrons. The normalized spacial score (nSPS) is 14.2. The molecule has 0 aliphatic heterocycles. The SMILES string of the molecule is CCCNc1sc(C(=O)NC2CC2)c(N)c1C(N)=O. The van der Waals surface area contributed by atoms with Crippen LogP contribution in [0, 0.1) is 0 Å². The quantitative estimate of drug-likeness (QED) is 0.627. The van der Waals surface area contributed by atoms with Crippen LogP contribution >= 0.6 is 11.3 Å². The Morgan fingerprint density at radius 2 is 2.11 bits per heavy atom. The standard InChI is InChI=1S/C12H18N4O2S/c1-2-5-15-12-7(10(14)17)8(13)9(19-12)11(18)16-6-3-4-6/h6,15H,2-5,13H2,1H3,(H2,14,17)(H,16,18). The van der Waals surface area contributed by atoms with E-state index in [1.165, 1.54) is 11.3 Å². The lowest BCUT2D eigenvalue weighted by Gasteiger charge is -2.03. The number of hydrogen-bond donors (Lipinski definition) is 4. The molecule has 0 spiro atoms. The van der Waals surface area contributed by atoms with Gasteiger partial charge in [-0.05, 0) is 19.3 Å². The van der Waals surface area contributed by atoms with E-state index in [2.05, 4.69) is 10.6 Å². The highest BCUT2D eigenvalue weighted by molar-refractivity contribution is 7.19. The van der Waals surface area contributed by atoms with Crippen LogP contribution < -0.4 is 22.1 Å². The number of thiophene rings is 1. The van der Waals surface area contributed by atoms with Crippen molar-refractivity contribution in [2.75, 3.05) is 17.6 Å². The van der Waals surface area contributed by atoms with Gasteiger partial charge in [-0.15, -0.1) is 11.3 Å². The van der Waals surface area contributed by atoms with Gasteiger partial charge >= 0.3 is 0 Å². The Labute approximate surface area is 115 Å². The van der Waals surface area contributed by atoms with E-state index < -0.39 is 5.91 Å². The Bertz CT molecular complexity index is 508. The Balaban J connectivity index is 2.27. The van der Waals surface area contributed by atoms with Gasteiger partial charge < -0.3 is 22.1 Å². The number of nitrogen functional groups attached to an aromatic ring is 1. The van der Waals surface area contributed by atoms with Crippen molar-refractivity contribution >= 4 is 33.8 Å². The molecule has 1 heterocycles. The summed E-state index contributed by atoms with van der Waals surface area (Å²) in [6.07, 6.45) is 2.90. The zero-order valence-electron chi connectivity index (χ0n) is 10.8. The number of amides is 2. The van der Waals surface area contributed by atoms with Crippen molar-refractivity contribution in [2.45, 2.75) is 32.2 Å².